The average molecular weight is 346 g/mol. The van der Waals surface area contributed by atoms with Crippen LogP contribution in [-0.2, 0) is 22.4 Å². The normalized spacial score (nSPS) is 11.4. The van der Waals surface area contributed by atoms with Crippen molar-refractivity contribution in [3.05, 3.63) is 63.6 Å². The van der Waals surface area contributed by atoms with Crippen LogP contribution in [0.25, 0.3) is 0 Å². The molecule has 112 valence electrons. The summed E-state index contributed by atoms with van der Waals surface area (Å²) in [5, 5.41) is 9.62. The Morgan fingerprint density at radius 3 is 2.19 bits per heavy atom. The molecule has 0 heterocycles. The molecule has 2 N–H and O–H groups in total. The zero-order valence-corrected chi connectivity index (χ0v) is 13.2. The summed E-state index contributed by atoms with van der Waals surface area (Å²) in [6.45, 7) is -0.0777. The molecular weight excluding hydrogens is 333 g/mol. The van der Waals surface area contributed by atoms with Crippen molar-refractivity contribution in [1.29, 1.82) is 0 Å². The molecule has 0 aromatic heterocycles. The molecule has 0 spiro atoms. The van der Waals surface area contributed by atoms with Crippen molar-refractivity contribution >= 4 is 38.9 Å². The van der Waals surface area contributed by atoms with Crippen molar-refractivity contribution < 1.29 is 13.5 Å². The van der Waals surface area contributed by atoms with Gasteiger partial charge in [-0.25, -0.2) is 8.42 Å². The Hall–Kier alpha value is -1.27. The van der Waals surface area contributed by atoms with Crippen LogP contribution in [-0.4, -0.2) is 13.5 Å². The maximum Gasteiger partial charge on any atom is 0.236 e. The molecule has 0 unspecified atom stereocenters. The van der Waals surface area contributed by atoms with E-state index in [9.17, 15) is 8.42 Å². The minimum Gasteiger partial charge on any atom is -0.392 e. The van der Waals surface area contributed by atoms with E-state index in [2.05, 4.69) is 4.72 Å². The van der Waals surface area contributed by atoms with E-state index in [4.69, 9.17) is 28.3 Å². The highest BCUT2D eigenvalue weighted by Crippen LogP contribution is 2.26. The highest BCUT2D eigenvalue weighted by atomic mass is 35.5. The van der Waals surface area contributed by atoms with Crippen LogP contribution in [0, 0.1) is 0 Å². The molecule has 0 radical (unpaired) electrons. The van der Waals surface area contributed by atoms with E-state index in [-0.39, 0.29) is 23.1 Å². The summed E-state index contributed by atoms with van der Waals surface area (Å²) in [6, 6.07) is 11.2. The van der Waals surface area contributed by atoms with Crippen LogP contribution in [0.3, 0.4) is 0 Å². The van der Waals surface area contributed by atoms with Crippen LogP contribution in [0.2, 0.25) is 10.0 Å². The van der Waals surface area contributed by atoms with Crippen LogP contribution in [0.1, 0.15) is 11.1 Å². The van der Waals surface area contributed by atoms with Gasteiger partial charge in [0.25, 0.3) is 0 Å². The lowest BCUT2D eigenvalue weighted by atomic mass is 10.2. The smallest absolute Gasteiger partial charge is 0.236 e. The molecule has 2 rings (SSSR count). The highest BCUT2D eigenvalue weighted by molar-refractivity contribution is 7.91. The Bertz CT molecular complexity index is 730. The quantitative estimate of drug-likeness (QED) is 0.872. The number of anilines is 1. The average Bonchev–Trinajstić information content (AvgIpc) is 2.42. The fourth-order valence-corrected chi connectivity index (χ4v) is 3.46. The second-order valence-corrected chi connectivity index (χ2v) is 7.03. The van der Waals surface area contributed by atoms with E-state index in [1.165, 1.54) is 12.1 Å². The van der Waals surface area contributed by atoms with Crippen LogP contribution < -0.4 is 4.72 Å². The van der Waals surface area contributed by atoms with Crippen LogP contribution in [0.5, 0.6) is 0 Å². The second kappa shape index (κ2) is 6.66. The lowest BCUT2D eigenvalue weighted by Crippen LogP contribution is -2.15. The monoisotopic (exact) mass is 345 g/mol. The lowest BCUT2D eigenvalue weighted by molar-refractivity contribution is 0.282. The minimum absolute atomic E-state index is 0.0777. The van der Waals surface area contributed by atoms with Crippen molar-refractivity contribution in [2.75, 3.05) is 4.72 Å². The number of aliphatic hydroxyl groups excluding tert-OH is 1. The van der Waals surface area contributed by atoms with E-state index in [0.717, 1.165) is 5.56 Å². The Morgan fingerprint density at radius 2 is 1.62 bits per heavy atom. The molecule has 2 aromatic rings. The Morgan fingerprint density at radius 1 is 1.00 bits per heavy atom. The maximum atomic E-state index is 12.1. The number of sulfonamides is 1. The van der Waals surface area contributed by atoms with Gasteiger partial charge in [0.1, 0.15) is 0 Å². The predicted molar refractivity (Wildman–Crippen MR) is 85.1 cm³/mol. The van der Waals surface area contributed by atoms with Gasteiger partial charge in [0, 0.05) is 5.02 Å². The van der Waals surface area contributed by atoms with Crippen LogP contribution in [0.4, 0.5) is 5.69 Å². The number of aliphatic hydroxyl groups is 1. The highest BCUT2D eigenvalue weighted by Gasteiger charge is 2.13. The number of hydrogen-bond donors (Lipinski definition) is 2. The van der Waals surface area contributed by atoms with E-state index in [1.54, 1.807) is 30.3 Å². The number of nitrogens with one attached hydrogen (secondary N) is 1. The molecule has 4 nitrogen and oxygen atoms in total. The molecule has 0 amide bonds. The van der Waals surface area contributed by atoms with Crippen LogP contribution in [0.15, 0.2) is 42.5 Å². The zero-order valence-electron chi connectivity index (χ0n) is 10.9. The SMILES string of the molecule is O=S(=O)(Cc1ccc(CO)cc1)Nc1ccc(Cl)cc1Cl. The summed E-state index contributed by atoms with van der Waals surface area (Å²) in [7, 11) is -3.58. The van der Waals surface area contributed by atoms with E-state index < -0.39 is 10.0 Å². The fraction of sp³-hybridized carbons (Fsp3) is 0.143. The molecule has 0 saturated heterocycles. The van der Waals surface area contributed by atoms with Crippen molar-refractivity contribution in [2.24, 2.45) is 0 Å². The first-order valence-electron chi connectivity index (χ1n) is 6.04. The van der Waals surface area contributed by atoms with E-state index in [1.807, 2.05) is 0 Å². The second-order valence-electron chi connectivity index (χ2n) is 4.46. The molecule has 0 atom stereocenters. The number of hydrogen-bond acceptors (Lipinski definition) is 3. The Kier molecular flexibility index (Phi) is 5.11. The van der Waals surface area contributed by atoms with Gasteiger partial charge in [-0.3, -0.25) is 4.72 Å². The Balaban J connectivity index is 2.14. The zero-order chi connectivity index (χ0) is 15.5. The van der Waals surface area contributed by atoms with Crippen molar-refractivity contribution in [3.8, 4) is 0 Å². The van der Waals surface area contributed by atoms with Crippen molar-refractivity contribution in [1.82, 2.24) is 0 Å². The first-order chi connectivity index (χ1) is 9.89. The molecule has 0 aliphatic heterocycles. The lowest BCUT2D eigenvalue weighted by Gasteiger charge is -2.10. The van der Waals surface area contributed by atoms with Gasteiger partial charge in [-0.2, -0.15) is 0 Å². The molecule has 21 heavy (non-hydrogen) atoms. The fourth-order valence-electron chi connectivity index (χ4n) is 1.74. The van der Waals surface area contributed by atoms with Crippen molar-refractivity contribution in [3.63, 3.8) is 0 Å². The third-order valence-corrected chi connectivity index (χ3v) is 4.55. The summed E-state index contributed by atoms with van der Waals surface area (Å²) in [5.74, 6) is -0.183. The summed E-state index contributed by atoms with van der Waals surface area (Å²) < 4.78 is 26.6. The van der Waals surface area contributed by atoms with Gasteiger partial charge in [-0.15, -0.1) is 0 Å². The third kappa shape index (κ3) is 4.61. The number of halogens is 2. The van der Waals surface area contributed by atoms with Gasteiger partial charge in [0.2, 0.25) is 10.0 Å². The topological polar surface area (TPSA) is 66.4 Å². The Labute approximate surface area is 133 Å². The summed E-state index contributed by atoms with van der Waals surface area (Å²) in [6.07, 6.45) is 0. The molecule has 7 heteroatoms. The molecule has 0 bridgehead atoms. The van der Waals surface area contributed by atoms with Gasteiger partial charge >= 0.3 is 0 Å². The molecule has 0 saturated carbocycles. The third-order valence-electron chi connectivity index (χ3n) is 2.76. The summed E-state index contributed by atoms with van der Waals surface area (Å²) in [5.41, 5.74) is 1.63. The van der Waals surface area contributed by atoms with E-state index in [0.29, 0.717) is 10.6 Å². The molecule has 2 aromatic carbocycles. The number of rotatable bonds is 5. The standard InChI is InChI=1S/C14H13Cl2NO3S/c15-12-5-6-14(13(16)7-12)17-21(19,20)9-11-3-1-10(8-18)2-4-11/h1-7,17-18H,8-9H2. The van der Waals surface area contributed by atoms with Gasteiger partial charge in [0.15, 0.2) is 0 Å². The summed E-state index contributed by atoms with van der Waals surface area (Å²) in [4.78, 5) is 0. The largest absolute Gasteiger partial charge is 0.392 e. The molecular formula is C14H13Cl2NO3S. The summed E-state index contributed by atoms with van der Waals surface area (Å²) >= 11 is 11.7. The first-order valence-corrected chi connectivity index (χ1v) is 8.45. The van der Waals surface area contributed by atoms with Gasteiger partial charge in [-0.1, -0.05) is 47.5 Å². The molecule has 0 fully saturated rings. The minimum atomic E-state index is -3.58. The first kappa shape index (κ1) is 16.1. The maximum absolute atomic E-state index is 12.1. The van der Waals surface area contributed by atoms with Crippen molar-refractivity contribution in [2.45, 2.75) is 12.4 Å². The molecule has 0 aliphatic carbocycles. The van der Waals surface area contributed by atoms with Gasteiger partial charge in [0.05, 0.1) is 23.1 Å². The van der Waals surface area contributed by atoms with Crippen LogP contribution >= 0.6 is 23.2 Å². The van der Waals surface area contributed by atoms with Gasteiger partial charge in [-0.05, 0) is 29.3 Å². The predicted octanol–water partition coefficient (Wildman–Crippen LogP) is 3.43. The number of benzene rings is 2. The molecule has 0 aliphatic rings. The van der Waals surface area contributed by atoms with E-state index >= 15 is 0 Å². The van der Waals surface area contributed by atoms with Gasteiger partial charge < -0.3 is 5.11 Å².